The fourth-order valence-electron chi connectivity index (χ4n) is 1.45. The summed E-state index contributed by atoms with van der Waals surface area (Å²) in [4.78, 5) is 23.6. The number of anilines is 1. The van der Waals surface area contributed by atoms with Crippen molar-refractivity contribution in [3.63, 3.8) is 0 Å². The molecule has 1 unspecified atom stereocenters. The van der Waals surface area contributed by atoms with Crippen LogP contribution >= 0.6 is 0 Å². The summed E-state index contributed by atoms with van der Waals surface area (Å²) in [7, 11) is 0. The average molecular weight is 263 g/mol. The van der Waals surface area contributed by atoms with Gasteiger partial charge < -0.3 is 16.4 Å². The number of carbonyl (C=O) groups excluding carboxylic acids is 2. The minimum absolute atomic E-state index is 0.0318. The van der Waals surface area contributed by atoms with Crippen molar-refractivity contribution in [3.05, 3.63) is 30.3 Å². The Kier molecular flexibility index (Phi) is 5.51. The molecule has 0 saturated carbocycles. The predicted molar refractivity (Wildman–Crippen MR) is 75.5 cm³/mol. The molecule has 0 aromatic heterocycles. The Morgan fingerprint density at radius 3 is 2.16 bits per heavy atom. The van der Waals surface area contributed by atoms with Gasteiger partial charge in [0.05, 0.1) is 6.04 Å². The van der Waals surface area contributed by atoms with Gasteiger partial charge in [-0.15, -0.1) is 0 Å². The molecule has 4 N–H and O–H groups in total. The second-order valence-electron chi connectivity index (χ2n) is 4.86. The van der Waals surface area contributed by atoms with E-state index in [-0.39, 0.29) is 17.7 Å². The highest BCUT2D eigenvalue weighted by Crippen LogP contribution is 2.05. The maximum atomic E-state index is 11.9. The fraction of sp³-hybridized carbons (Fsp3) is 0.429. The molecular formula is C14H21N3O2. The minimum atomic E-state index is -0.627. The molecule has 5 heteroatoms. The molecule has 0 spiro atoms. The molecule has 2 amide bonds. The highest BCUT2D eigenvalue weighted by atomic mass is 16.2. The first-order valence-electron chi connectivity index (χ1n) is 6.33. The molecule has 0 aliphatic carbocycles. The first-order chi connectivity index (χ1) is 8.91. The molecule has 19 heavy (non-hydrogen) atoms. The van der Waals surface area contributed by atoms with E-state index in [1.165, 1.54) is 0 Å². The van der Waals surface area contributed by atoms with Crippen LogP contribution in [-0.4, -0.2) is 23.9 Å². The van der Waals surface area contributed by atoms with Crippen molar-refractivity contribution in [2.45, 2.75) is 32.9 Å². The van der Waals surface area contributed by atoms with Gasteiger partial charge in [-0.25, -0.2) is 0 Å². The van der Waals surface area contributed by atoms with Crippen LogP contribution in [0.5, 0.6) is 0 Å². The Labute approximate surface area is 113 Å². The van der Waals surface area contributed by atoms with Gasteiger partial charge in [0.2, 0.25) is 11.8 Å². The summed E-state index contributed by atoms with van der Waals surface area (Å²) in [5, 5.41) is 5.33. The van der Waals surface area contributed by atoms with Gasteiger partial charge in [-0.2, -0.15) is 0 Å². The summed E-state index contributed by atoms with van der Waals surface area (Å²) < 4.78 is 0. The monoisotopic (exact) mass is 263 g/mol. The third kappa shape index (κ3) is 4.71. The lowest BCUT2D eigenvalue weighted by Gasteiger charge is -2.19. The Bertz CT molecular complexity index is 432. The lowest BCUT2D eigenvalue weighted by atomic mass is 10.0. The molecule has 0 aliphatic heterocycles. The fourth-order valence-corrected chi connectivity index (χ4v) is 1.45. The number of hydrogen-bond acceptors (Lipinski definition) is 3. The van der Waals surface area contributed by atoms with Crippen molar-refractivity contribution in [1.29, 1.82) is 0 Å². The van der Waals surface area contributed by atoms with E-state index in [0.717, 1.165) is 0 Å². The molecule has 104 valence electrons. The third-order valence-electron chi connectivity index (χ3n) is 2.81. The lowest BCUT2D eigenvalue weighted by Crippen LogP contribution is -2.50. The van der Waals surface area contributed by atoms with Crippen LogP contribution in [0.25, 0.3) is 0 Å². The number of para-hydroxylation sites is 1. The van der Waals surface area contributed by atoms with Crippen LogP contribution in [-0.2, 0) is 9.59 Å². The van der Waals surface area contributed by atoms with Gasteiger partial charge >= 0.3 is 0 Å². The van der Waals surface area contributed by atoms with Crippen molar-refractivity contribution < 1.29 is 9.59 Å². The smallest absolute Gasteiger partial charge is 0.246 e. The molecule has 1 aromatic rings. The molecule has 0 bridgehead atoms. The maximum Gasteiger partial charge on any atom is 0.246 e. The number of carbonyl (C=O) groups is 2. The van der Waals surface area contributed by atoms with Gasteiger partial charge in [-0.3, -0.25) is 9.59 Å². The van der Waals surface area contributed by atoms with E-state index >= 15 is 0 Å². The second kappa shape index (κ2) is 6.89. The Morgan fingerprint density at radius 1 is 1.05 bits per heavy atom. The highest BCUT2D eigenvalue weighted by molar-refractivity contribution is 5.97. The number of nitrogens with one attached hydrogen (secondary N) is 2. The van der Waals surface area contributed by atoms with E-state index in [1.807, 2.05) is 32.0 Å². The number of rotatable bonds is 5. The summed E-state index contributed by atoms with van der Waals surface area (Å²) in [5.41, 5.74) is 6.41. The molecule has 1 rings (SSSR count). The molecule has 0 heterocycles. The molecule has 0 radical (unpaired) electrons. The van der Waals surface area contributed by atoms with Crippen LogP contribution in [0.1, 0.15) is 20.8 Å². The van der Waals surface area contributed by atoms with Crippen LogP contribution in [0.4, 0.5) is 5.69 Å². The van der Waals surface area contributed by atoms with Gasteiger partial charge in [0.15, 0.2) is 0 Å². The van der Waals surface area contributed by atoms with Gasteiger partial charge in [-0.05, 0) is 25.0 Å². The molecule has 0 fully saturated rings. The van der Waals surface area contributed by atoms with Crippen molar-refractivity contribution in [3.8, 4) is 0 Å². The van der Waals surface area contributed by atoms with Crippen molar-refractivity contribution >= 4 is 17.5 Å². The maximum absolute atomic E-state index is 11.9. The Balaban J connectivity index is 2.52. The average Bonchev–Trinajstić information content (AvgIpc) is 2.38. The van der Waals surface area contributed by atoms with E-state index < -0.39 is 12.1 Å². The SMILES string of the molecule is CC(NC(=O)[C@@H](N)C(C)C)C(=O)Nc1ccccc1. The van der Waals surface area contributed by atoms with Crippen LogP contribution in [0.3, 0.4) is 0 Å². The van der Waals surface area contributed by atoms with E-state index in [1.54, 1.807) is 19.1 Å². The van der Waals surface area contributed by atoms with Gasteiger partial charge in [0, 0.05) is 5.69 Å². The summed E-state index contributed by atoms with van der Waals surface area (Å²) in [6.45, 7) is 5.35. The zero-order valence-corrected chi connectivity index (χ0v) is 11.5. The number of nitrogens with two attached hydrogens (primary N) is 1. The zero-order valence-electron chi connectivity index (χ0n) is 11.5. The van der Waals surface area contributed by atoms with E-state index in [2.05, 4.69) is 10.6 Å². The standard InChI is InChI=1S/C14H21N3O2/c1-9(2)12(15)14(19)16-10(3)13(18)17-11-7-5-4-6-8-11/h4-10,12H,15H2,1-3H3,(H,16,19)(H,17,18)/t10?,12-/m0/s1. The van der Waals surface area contributed by atoms with Crippen LogP contribution in [0.2, 0.25) is 0 Å². The quantitative estimate of drug-likeness (QED) is 0.744. The van der Waals surface area contributed by atoms with E-state index in [9.17, 15) is 9.59 Å². The van der Waals surface area contributed by atoms with Crippen molar-refractivity contribution in [2.24, 2.45) is 11.7 Å². The summed E-state index contributed by atoms with van der Waals surface area (Å²) >= 11 is 0. The third-order valence-corrected chi connectivity index (χ3v) is 2.81. The normalized spacial score (nSPS) is 13.7. The molecule has 0 aliphatic rings. The van der Waals surface area contributed by atoms with E-state index in [0.29, 0.717) is 5.69 Å². The van der Waals surface area contributed by atoms with Crippen molar-refractivity contribution in [2.75, 3.05) is 5.32 Å². The summed E-state index contributed by atoms with van der Waals surface area (Å²) in [6.07, 6.45) is 0. The van der Waals surface area contributed by atoms with Crippen LogP contribution in [0.15, 0.2) is 30.3 Å². The summed E-state index contributed by atoms with van der Waals surface area (Å²) in [5.74, 6) is -0.550. The van der Waals surface area contributed by atoms with E-state index in [4.69, 9.17) is 5.73 Å². The van der Waals surface area contributed by atoms with Crippen LogP contribution in [0, 0.1) is 5.92 Å². The predicted octanol–water partition coefficient (Wildman–Crippen LogP) is 1.11. The van der Waals surface area contributed by atoms with Gasteiger partial charge in [0.1, 0.15) is 6.04 Å². The number of benzene rings is 1. The molecule has 5 nitrogen and oxygen atoms in total. The molecule has 2 atom stereocenters. The minimum Gasteiger partial charge on any atom is -0.343 e. The first kappa shape index (κ1) is 15.2. The number of hydrogen-bond donors (Lipinski definition) is 3. The molecule has 0 saturated heterocycles. The summed E-state index contributed by atoms with van der Waals surface area (Å²) in [6, 6.07) is 7.85. The Morgan fingerprint density at radius 2 is 1.63 bits per heavy atom. The zero-order chi connectivity index (χ0) is 14.4. The van der Waals surface area contributed by atoms with Gasteiger partial charge in [-0.1, -0.05) is 32.0 Å². The van der Waals surface area contributed by atoms with Crippen molar-refractivity contribution in [1.82, 2.24) is 5.32 Å². The largest absolute Gasteiger partial charge is 0.343 e. The number of amides is 2. The van der Waals surface area contributed by atoms with Crippen LogP contribution < -0.4 is 16.4 Å². The Hall–Kier alpha value is -1.88. The van der Waals surface area contributed by atoms with Gasteiger partial charge in [0.25, 0.3) is 0 Å². The topological polar surface area (TPSA) is 84.2 Å². The molecule has 1 aromatic carbocycles. The highest BCUT2D eigenvalue weighted by Gasteiger charge is 2.21. The first-order valence-corrected chi connectivity index (χ1v) is 6.33. The second-order valence-corrected chi connectivity index (χ2v) is 4.86. The molecular weight excluding hydrogens is 242 g/mol. The lowest BCUT2D eigenvalue weighted by molar-refractivity contribution is -0.127.